The van der Waals surface area contributed by atoms with Gasteiger partial charge in [0.15, 0.2) is 9.84 Å². The number of nitrogens with zero attached hydrogens (tertiary/aromatic N) is 3. The predicted molar refractivity (Wildman–Crippen MR) is 74.2 cm³/mol. The molecule has 20 heavy (non-hydrogen) atoms. The van der Waals surface area contributed by atoms with Crippen LogP contribution in [0.5, 0.6) is 0 Å². The number of aromatic nitrogens is 3. The van der Waals surface area contributed by atoms with Crippen molar-refractivity contribution in [1.29, 1.82) is 0 Å². The molecule has 7 heteroatoms. The topological polar surface area (TPSA) is 85.1 Å². The normalized spacial score (nSPS) is 29.1. The Labute approximate surface area is 119 Å². The van der Waals surface area contributed by atoms with Crippen LogP contribution >= 0.6 is 0 Å². The number of fused-ring (bicyclic) bond motifs is 1. The van der Waals surface area contributed by atoms with E-state index in [2.05, 4.69) is 10.2 Å². The van der Waals surface area contributed by atoms with Gasteiger partial charge in [0.2, 0.25) is 0 Å². The zero-order valence-corrected chi connectivity index (χ0v) is 12.3. The predicted octanol–water partition coefficient (Wildman–Crippen LogP) is 0.515. The standard InChI is InChI=1S/C13H21N3O3S/c17-8-11-4-1-5-12-14-15-13(16(11)12)7-10-3-2-6-20(18,19)9-10/h10-11,17H,1-9H2. The quantitative estimate of drug-likeness (QED) is 0.879. The van der Waals surface area contributed by atoms with E-state index in [0.29, 0.717) is 12.2 Å². The molecule has 3 heterocycles. The third kappa shape index (κ3) is 2.74. The van der Waals surface area contributed by atoms with Gasteiger partial charge in [-0.3, -0.25) is 0 Å². The summed E-state index contributed by atoms with van der Waals surface area (Å²) in [5.41, 5.74) is 0. The molecule has 0 saturated carbocycles. The molecule has 112 valence electrons. The third-order valence-corrected chi connectivity index (χ3v) is 6.27. The molecular weight excluding hydrogens is 278 g/mol. The summed E-state index contributed by atoms with van der Waals surface area (Å²) in [5, 5.41) is 18.0. The maximum absolute atomic E-state index is 11.7. The highest BCUT2D eigenvalue weighted by Gasteiger charge is 2.29. The van der Waals surface area contributed by atoms with Gasteiger partial charge in [-0.2, -0.15) is 0 Å². The van der Waals surface area contributed by atoms with Crippen molar-refractivity contribution in [2.75, 3.05) is 18.1 Å². The van der Waals surface area contributed by atoms with E-state index in [4.69, 9.17) is 0 Å². The lowest BCUT2D eigenvalue weighted by atomic mass is 9.99. The first-order valence-corrected chi connectivity index (χ1v) is 9.15. The van der Waals surface area contributed by atoms with Crippen LogP contribution in [0.4, 0.5) is 0 Å². The molecule has 6 nitrogen and oxygen atoms in total. The van der Waals surface area contributed by atoms with E-state index in [9.17, 15) is 13.5 Å². The van der Waals surface area contributed by atoms with Gasteiger partial charge in [-0.05, 0) is 31.6 Å². The van der Waals surface area contributed by atoms with Gasteiger partial charge in [0.1, 0.15) is 11.6 Å². The Hall–Kier alpha value is -0.950. The van der Waals surface area contributed by atoms with Gasteiger partial charge >= 0.3 is 0 Å². The molecule has 0 spiro atoms. The summed E-state index contributed by atoms with van der Waals surface area (Å²) in [6.45, 7) is 0.0982. The van der Waals surface area contributed by atoms with Crippen molar-refractivity contribution in [3.8, 4) is 0 Å². The SMILES string of the molecule is O=S1(=O)CCCC(Cc2nnc3n2C(CO)CCC3)C1. The van der Waals surface area contributed by atoms with Crippen molar-refractivity contribution in [1.82, 2.24) is 14.8 Å². The Bertz CT molecular complexity index is 582. The molecule has 0 aromatic carbocycles. The summed E-state index contributed by atoms with van der Waals surface area (Å²) < 4.78 is 25.5. The van der Waals surface area contributed by atoms with E-state index in [-0.39, 0.29) is 24.3 Å². The first-order valence-electron chi connectivity index (χ1n) is 7.33. The fraction of sp³-hybridized carbons (Fsp3) is 0.846. The van der Waals surface area contributed by atoms with Gasteiger partial charge in [-0.15, -0.1) is 10.2 Å². The molecule has 2 unspecified atom stereocenters. The number of sulfone groups is 1. The molecule has 1 N–H and O–H groups in total. The van der Waals surface area contributed by atoms with Crippen molar-refractivity contribution in [2.45, 2.75) is 44.6 Å². The molecule has 3 rings (SSSR count). The largest absolute Gasteiger partial charge is 0.394 e. The zero-order chi connectivity index (χ0) is 14.2. The van der Waals surface area contributed by atoms with Crippen molar-refractivity contribution >= 4 is 9.84 Å². The van der Waals surface area contributed by atoms with Gasteiger partial charge in [0, 0.05) is 12.8 Å². The van der Waals surface area contributed by atoms with Crippen LogP contribution in [0.3, 0.4) is 0 Å². The van der Waals surface area contributed by atoms with Crippen molar-refractivity contribution in [2.24, 2.45) is 5.92 Å². The lowest BCUT2D eigenvalue weighted by Gasteiger charge is -2.26. The van der Waals surface area contributed by atoms with E-state index in [1.54, 1.807) is 0 Å². The van der Waals surface area contributed by atoms with E-state index in [1.165, 1.54) is 0 Å². The number of hydrogen-bond donors (Lipinski definition) is 1. The summed E-state index contributed by atoms with van der Waals surface area (Å²) in [4.78, 5) is 0. The zero-order valence-electron chi connectivity index (χ0n) is 11.5. The Kier molecular flexibility index (Phi) is 3.81. The van der Waals surface area contributed by atoms with Gasteiger partial charge in [-0.25, -0.2) is 8.42 Å². The molecule has 2 aliphatic rings. The molecule has 1 saturated heterocycles. The second-order valence-electron chi connectivity index (χ2n) is 5.96. The fourth-order valence-corrected chi connectivity index (χ4v) is 5.20. The van der Waals surface area contributed by atoms with Crippen LogP contribution in [-0.2, 0) is 22.7 Å². The van der Waals surface area contributed by atoms with Crippen LogP contribution in [0.1, 0.15) is 43.4 Å². The fourth-order valence-electron chi connectivity index (χ4n) is 3.43. The highest BCUT2D eigenvalue weighted by atomic mass is 32.2. The van der Waals surface area contributed by atoms with Crippen LogP contribution < -0.4 is 0 Å². The van der Waals surface area contributed by atoms with Crippen molar-refractivity contribution in [3.05, 3.63) is 11.6 Å². The molecule has 2 aliphatic heterocycles. The van der Waals surface area contributed by atoms with E-state index < -0.39 is 9.84 Å². The number of aryl methyl sites for hydroxylation is 1. The van der Waals surface area contributed by atoms with E-state index in [1.807, 2.05) is 4.57 Å². The third-order valence-electron chi connectivity index (χ3n) is 4.38. The minimum atomic E-state index is -2.88. The summed E-state index contributed by atoms with van der Waals surface area (Å²) in [6, 6.07) is 0.0592. The van der Waals surface area contributed by atoms with Crippen LogP contribution in [0.2, 0.25) is 0 Å². The molecule has 0 aliphatic carbocycles. The van der Waals surface area contributed by atoms with Gasteiger partial charge < -0.3 is 9.67 Å². The van der Waals surface area contributed by atoms with Crippen LogP contribution in [-0.4, -0.2) is 46.4 Å². The van der Waals surface area contributed by atoms with Gasteiger partial charge in [0.25, 0.3) is 0 Å². The molecule has 0 bridgehead atoms. The van der Waals surface area contributed by atoms with Crippen LogP contribution in [0.15, 0.2) is 0 Å². The lowest BCUT2D eigenvalue weighted by Crippen LogP contribution is -2.29. The molecule has 1 fully saturated rings. The number of aliphatic hydroxyl groups excluding tert-OH is 1. The van der Waals surface area contributed by atoms with Crippen molar-refractivity contribution in [3.63, 3.8) is 0 Å². The van der Waals surface area contributed by atoms with E-state index in [0.717, 1.165) is 43.8 Å². The lowest BCUT2D eigenvalue weighted by molar-refractivity contribution is 0.202. The molecule has 2 atom stereocenters. The van der Waals surface area contributed by atoms with Gasteiger partial charge in [-0.1, -0.05) is 0 Å². The smallest absolute Gasteiger partial charge is 0.150 e. The second kappa shape index (κ2) is 5.44. The summed E-state index contributed by atoms with van der Waals surface area (Å²) in [6.07, 6.45) is 5.20. The summed E-state index contributed by atoms with van der Waals surface area (Å²) in [7, 11) is -2.88. The monoisotopic (exact) mass is 299 g/mol. The minimum absolute atomic E-state index is 0.0592. The summed E-state index contributed by atoms with van der Waals surface area (Å²) in [5.74, 6) is 2.51. The highest BCUT2D eigenvalue weighted by molar-refractivity contribution is 7.91. The second-order valence-corrected chi connectivity index (χ2v) is 8.19. The molecular formula is C13H21N3O3S. The molecule has 0 radical (unpaired) electrons. The van der Waals surface area contributed by atoms with Crippen LogP contribution in [0.25, 0.3) is 0 Å². The first-order chi connectivity index (χ1) is 9.59. The van der Waals surface area contributed by atoms with E-state index >= 15 is 0 Å². The Morgan fingerprint density at radius 1 is 1.25 bits per heavy atom. The highest BCUT2D eigenvalue weighted by Crippen LogP contribution is 2.28. The van der Waals surface area contributed by atoms with Crippen molar-refractivity contribution < 1.29 is 13.5 Å². The molecule has 1 aromatic rings. The molecule has 1 aromatic heterocycles. The van der Waals surface area contributed by atoms with Gasteiger partial charge in [0.05, 0.1) is 24.2 Å². The number of rotatable bonds is 3. The number of aliphatic hydroxyl groups is 1. The first kappa shape index (κ1) is 14.0. The average Bonchev–Trinajstić information content (AvgIpc) is 2.81. The maximum Gasteiger partial charge on any atom is 0.150 e. The summed E-state index contributed by atoms with van der Waals surface area (Å²) >= 11 is 0. The number of hydrogen-bond acceptors (Lipinski definition) is 5. The minimum Gasteiger partial charge on any atom is -0.394 e. The Morgan fingerprint density at radius 2 is 2.10 bits per heavy atom. The Morgan fingerprint density at radius 3 is 2.85 bits per heavy atom. The Balaban J connectivity index is 1.80. The molecule has 0 amide bonds. The average molecular weight is 299 g/mol. The maximum atomic E-state index is 11.7. The van der Waals surface area contributed by atoms with Crippen LogP contribution in [0, 0.1) is 5.92 Å².